The summed E-state index contributed by atoms with van der Waals surface area (Å²) in [7, 11) is 0. The van der Waals surface area contributed by atoms with E-state index in [1.165, 1.54) is 20.8 Å². The highest BCUT2D eigenvalue weighted by molar-refractivity contribution is 5.99. The molecule has 0 aromatic heterocycles. The summed E-state index contributed by atoms with van der Waals surface area (Å²) in [4.78, 5) is 172. The standard InChI is InChI=1S/C53H90N20O14/c1-26(2)22-37(50(86)87)71-46(82)35(23-31-14-9-8-10-15-31)70-48(84)38(25-74)72-47(83)36(24-39(54)76)69-42(78)29(6)65-43(79)32(16-11-19-61-51(55)56)67-44(80)33(17-12-20-62-52(57)58)68-49(85)40(27(3)4)73-45(81)34(18-13-21-63-53(59)60)66-41(77)28(5)64-30(7)75/h8-10,14-15,26-29,32-38,40,74H,11-13,16-25H2,1-7H3,(H2,54,76)(H,64,75)(H,65,79)(H,66,77)(H,67,80)(H,68,85)(H,69,78)(H,70,84)(H,71,82)(H,72,83)(H,73,81)(H,86,87)(H4,55,56,61)(H4,57,58,62)(H4,59,60,63)/t28-,29-,32-,33-,34-,35-,36-,37-,38-,40-/m0/s1. The van der Waals surface area contributed by atoms with Crippen LogP contribution in [0.25, 0.3) is 0 Å². The number of nitrogens with two attached hydrogens (primary N) is 7. The highest BCUT2D eigenvalue weighted by Crippen LogP contribution is 2.12. The van der Waals surface area contributed by atoms with Crippen molar-refractivity contribution in [2.24, 2.45) is 66.9 Å². The molecule has 11 amide bonds. The van der Waals surface area contributed by atoms with Gasteiger partial charge in [-0.1, -0.05) is 58.0 Å². The fourth-order valence-electron chi connectivity index (χ4n) is 8.16. The van der Waals surface area contributed by atoms with E-state index in [1.807, 2.05) is 0 Å². The van der Waals surface area contributed by atoms with Crippen molar-refractivity contribution in [2.75, 3.05) is 26.2 Å². The van der Waals surface area contributed by atoms with E-state index in [4.69, 9.17) is 40.1 Å². The molecule has 34 heteroatoms. The van der Waals surface area contributed by atoms with Gasteiger partial charge in [0.1, 0.15) is 60.4 Å². The van der Waals surface area contributed by atoms with Crippen molar-refractivity contribution in [1.29, 1.82) is 0 Å². The number of carbonyl (C=O) groups is 12. The van der Waals surface area contributed by atoms with E-state index in [1.54, 1.807) is 58.0 Å². The Morgan fingerprint density at radius 2 is 0.816 bits per heavy atom. The molecule has 26 N–H and O–H groups in total. The Morgan fingerprint density at radius 3 is 1.24 bits per heavy atom. The van der Waals surface area contributed by atoms with E-state index in [0.29, 0.717) is 5.56 Å². The third kappa shape index (κ3) is 30.8. The number of benzene rings is 1. The summed E-state index contributed by atoms with van der Waals surface area (Å²) in [5, 5.41) is 44.6. The van der Waals surface area contributed by atoms with Crippen LogP contribution in [0.3, 0.4) is 0 Å². The summed E-state index contributed by atoms with van der Waals surface area (Å²) in [6, 6.07) is -6.32. The minimum atomic E-state index is -1.84. The minimum Gasteiger partial charge on any atom is -0.480 e. The van der Waals surface area contributed by atoms with Crippen LogP contribution >= 0.6 is 0 Å². The molecule has 0 fully saturated rings. The van der Waals surface area contributed by atoms with Crippen LogP contribution in [0.1, 0.15) is 105 Å². The SMILES string of the molecule is CC(=O)N[C@@H](C)C(=O)N[C@@H](CCCN=C(N)N)C(=O)N[C@H](C(=O)N[C@@H](CCCN=C(N)N)C(=O)N[C@@H](CCCN=C(N)N)C(=O)N[C@@H](C)C(=O)N[C@@H](CC(N)=O)C(=O)N[C@@H](CO)C(=O)N[C@@H](Cc1ccccc1)C(=O)N[C@@H](CC(C)C)C(=O)O)C(C)C. The lowest BCUT2D eigenvalue weighted by molar-refractivity contribution is -0.143. The summed E-state index contributed by atoms with van der Waals surface area (Å²) in [5.41, 5.74) is 38.9. The largest absolute Gasteiger partial charge is 0.480 e. The highest BCUT2D eigenvalue weighted by Gasteiger charge is 2.36. The smallest absolute Gasteiger partial charge is 0.326 e. The number of aliphatic carboxylic acids is 1. The van der Waals surface area contributed by atoms with Crippen LogP contribution in [0.4, 0.5) is 0 Å². The topological polar surface area (TPSA) is 585 Å². The molecule has 0 radical (unpaired) electrons. The number of rotatable bonds is 40. The van der Waals surface area contributed by atoms with Gasteiger partial charge in [0.25, 0.3) is 0 Å². The molecule has 0 unspecified atom stereocenters. The molecule has 34 nitrogen and oxygen atoms in total. The lowest BCUT2D eigenvalue weighted by atomic mass is 10.0. The lowest BCUT2D eigenvalue weighted by Gasteiger charge is -2.28. The second-order valence-electron chi connectivity index (χ2n) is 21.2. The van der Waals surface area contributed by atoms with Crippen molar-refractivity contribution in [3.8, 4) is 0 Å². The van der Waals surface area contributed by atoms with Gasteiger partial charge in [-0.3, -0.25) is 67.7 Å². The molecule has 0 saturated carbocycles. The molecule has 0 spiro atoms. The van der Waals surface area contributed by atoms with E-state index in [-0.39, 0.29) is 94.8 Å². The van der Waals surface area contributed by atoms with Crippen molar-refractivity contribution in [1.82, 2.24) is 53.2 Å². The Morgan fingerprint density at radius 1 is 0.448 bits per heavy atom. The van der Waals surface area contributed by atoms with Gasteiger partial charge in [0.2, 0.25) is 65.0 Å². The Balaban J connectivity index is 3.52. The van der Waals surface area contributed by atoms with Gasteiger partial charge in [0.15, 0.2) is 17.9 Å². The first-order valence-corrected chi connectivity index (χ1v) is 28.1. The second-order valence-corrected chi connectivity index (χ2v) is 21.2. The van der Waals surface area contributed by atoms with E-state index in [9.17, 15) is 67.7 Å². The maximum Gasteiger partial charge on any atom is 0.326 e. The molecule has 0 aliphatic heterocycles. The van der Waals surface area contributed by atoms with Crippen molar-refractivity contribution in [2.45, 2.75) is 167 Å². The predicted molar refractivity (Wildman–Crippen MR) is 319 cm³/mol. The molecule has 486 valence electrons. The molecule has 0 aliphatic carbocycles. The number of guanidine groups is 3. The maximum atomic E-state index is 14.3. The summed E-state index contributed by atoms with van der Waals surface area (Å²) in [6.07, 6.45) is -1.03. The first kappa shape index (κ1) is 75.6. The number of aliphatic hydroxyl groups excluding tert-OH is 1. The maximum absolute atomic E-state index is 14.3. The van der Waals surface area contributed by atoms with Gasteiger partial charge in [0, 0.05) is 33.0 Å². The summed E-state index contributed by atoms with van der Waals surface area (Å²) in [6.45, 7) is 9.38. The van der Waals surface area contributed by atoms with E-state index < -0.39 is 150 Å². The third-order valence-corrected chi connectivity index (χ3v) is 12.6. The zero-order valence-electron chi connectivity index (χ0n) is 50.2. The highest BCUT2D eigenvalue weighted by atomic mass is 16.4. The molecule has 1 aromatic rings. The molecule has 1 aromatic carbocycles. The first-order chi connectivity index (χ1) is 40.8. The number of aliphatic hydroxyl groups is 1. The number of nitrogens with one attached hydrogen (secondary N) is 10. The second kappa shape index (κ2) is 39.3. The Labute approximate surface area is 504 Å². The van der Waals surface area contributed by atoms with Gasteiger partial charge in [-0.2, -0.15) is 0 Å². The Hall–Kier alpha value is -9.37. The number of nitrogens with zero attached hydrogens (tertiary/aromatic N) is 3. The average Bonchev–Trinajstić information content (AvgIpc) is 3.65. The van der Waals surface area contributed by atoms with Gasteiger partial charge < -0.3 is 104 Å². The van der Waals surface area contributed by atoms with Gasteiger partial charge in [-0.25, -0.2) is 4.79 Å². The predicted octanol–water partition coefficient (Wildman–Crippen LogP) is -7.05. The van der Waals surface area contributed by atoms with Gasteiger partial charge in [-0.15, -0.1) is 0 Å². The zero-order valence-corrected chi connectivity index (χ0v) is 50.2. The Kier molecular flexibility index (Phi) is 34.2. The van der Waals surface area contributed by atoms with Crippen LogP contribution in [-0.4, -0.2) is 186 Å². The first-order valence-electron chi connectivity index (χ1n) is 28.1. The number of hydrogen-bond acceptors (Lipinski definition) is 16. The molecule has 1 rings (SSSR count). The summed E-state index contributed by atoms with van der Waals surface area (Å²) >= 11 is 0. The molecule has 0 saturated heterocycles. The van der Waals surface area contributed by atoms with Crippen molar-refractivity contribution in [3.05, 3.63) is 35.9 Å². The summed E-state index contributed by atoms with van der Waals surface area (Å²) in [5.74, 6) is -13.2. The fourth-order valence-corrected chi connectivity index (χ4v) is 8.16. The van der Waals surface area contributed by atoms with Crippen LogP contribution in [0, 0.1) is 11.8 Å². The van der Waals surface area contributed by atoms with Crippen molar-refractivity contribution >= 4 is 88.8 Å². The number of aliphatic imine (C=N–C) groups is 3. The lowest BCUT2D eigenvalue weighted by Crippen LogP contribution is -2.61. The normalized spacial score (nSPS) is 14.3. The van der Waals surface area contributed by atoms with Crippen LogP contribution in [-0.2, 0) is 64.0 Å². The van der Waals surface area contributed by atoms with Crippen LogP contribution in [0.15, 0.2) is 45.3 Å². The number of carboxylic acid groups (broad SMARTS) is 1. The van der Waals surface area contributed by atoms with Crippen LogP contribution in [0.5, 0.6) is 0 Å². The number of amides is 11. The molecule has 0 aliphatic rings. The Bertz CT molecular complexity index is 2590. The number of carbonyl (C=O) groups excluding carboxylic acids is 11. The molecular weight excluding hydrogens is 1140 g/mol. The van der Waals surface area contributed by atoms with Gasteiger partial charge in [-0.05, 0) is 76.2 Å². The quantitative estimate of drug-likeness (QED) is 0.0165. The summed E-state index contributed by atoms with van der Waals surface area (Å²) < 4.78 is 0. The minimum absolute atomic E-state index is 0.0225. The van der Waals surface area contributed by atoms with Crippen LogP contribution in [0.2, 0.25) is 0 Å². The van der Waals surface area contributed by atoms with Gasteiger partial charge >= 0.3 is 5.97 Å². The number of primary amides is 1. The monoisotopic (exact) mass is 1230 g/mol. The van der Waals surface area contributed by atoms with E-state index >= 15 is 0 Å². The van der Waals surface area contributed by atoms with Crippen molar-refractivity contribution in [3.63, 3.8) is 0 Å². The third-order valence-electron chi connectivity index (χ3n) is 12.6. The number of hydrogen-bond donors (Lipinski definition) is 19. The van der Waals surface area contributed by atoms with Gasteiger partial charge in [0.05, 0.1) is 13.0 Å². The molecule has 10 atom stereocenters. The molecule has 0 heterocycles. The van der Waals surface area contributed by atoms with Crippen molar-refractivity contribution < 1.29 is 67.7 Å². The molecule has 0 bridgehead atoms. The van der Waals surface area contributed by atoms with Crippen LogP contribution < -0.4 is 93.3 Å². The van der Waals surface area contributed by atoms with E-state index in [0.717, 1.165) is 0 Å². The fraction of sp³-hybridized carbons (Fsp3) is 0.604. The molecular formula is C53H90N20O14. The zero-order chi connectivity index (χ0) is 66.1. The number of carboxylic acids is 1. The average molecular weight is 1230 g/mol. The van der Waals surface area contributed by atoms with E-state index in [2.05, 4.69) is 68.1 Å². The molecule has 87 heavy (non-hydrogen) atoms.